The van der Waals surface area contributed by atoms with Crippen molar-refractivity contribution in [1.82, 2.24) is 30.0 Å². The smallest absolute Gasteiger partial charge is 0.416 e. The second-order valence-corrected chi connectivity index (χ2v) is 16.6. The summed E-state index contributed by atoms with van der Waals surface area (Å²) in [5.41, 5.74) is -1.23. The van der Waals surface area contributed by atoms with Crippen LogP contribution in [-0.4, -0.2) is 91.1 Å². The molecule has 1 saturated heterocycles. The standard InChI is InChI=1S/C41H48F2N8O9/c1-23(52)58-28-17-31(49(20-28)38(55)59-40(2,3)4)36(54)45-18-24-10-12-27(13-11-24)51-21-29(33(48-51)34(42)43)46-35(53)30-22-57-37(47-30)26-14-15-44-32(16-26)50(19-25-8-9-25)39(56)60-41(5,6)7/h10-16,21-22,25,28,31,34H,8-9,17-20H2,1-7H3,(H,45,54)(H,46,53)/t28-,31+/m1/s1. The van der Waals surface area contributed by atoms with Crippen molar-refractivity contribution in [1.29, 1.82) is 0 Å². The van der Waals surface area contributed by atoms with Crippen LogP contribution in [0.25, 0.3) is 17.1 Å². The van der Waals surface area contributed by atoms with E-state index in [1.54, 1.807) is 77.9 Å². The molecule has 3 aromatic heterocycles. The van der Waals surface area contributed by atoms with E-state index in [1.807, 2.05) is 0 Å². The van der Waals surface area contributed by atoms with E-state index in [4.69, 9.17) is 18.6 Å². The third-order valence-electron chi connectivity index (χ3n) is 9.15. The van der Waals surface area contributed by atoms with Crippen molar-refractivity contribution in [3.8, 4) is 17.1 Å². The molecule has 2 N–H and O–H groups in total. The van der Waals surface area contributed by atoms with Crippen LogP contribution in [0.5, 0.6) is 0 Å². The zero-order valence-corrected chi connectivity index (χ0v) is 34.4. The Morgan fingerprint density at radius 3 is 2.33 bits per heavy atom. The molecule has 0 radical (unpaired) electrons. The van der Waals surface area contributed by atoms with Gasteiger partial charge in [0.15, 0.2) is 11.4 Å². The fourth-order valence-corrected chi connectivity index (χ4v) is 6.27. The van der Waals surface area contributed by atoms with Crippen LogP contribution < -0.4 is 15.5 Å². The molecule has 1 aliphatic carbocycles. The summed E-state index contributed by atoms with van der Waals surface area (Å²) in [6.45, 7) is 12.1. The monoisotopic (exact) mass is 834 g/mol. The Balaban J connectivity index is 1.10. The third kappa shape index (κ3) is 11.2. The summed E-state index contributed by atoms with van der Waals surface area (Å²) in [6.07, 6.45) is 0.889. The first-order chi connectivity index (χ1) is 28.2. The van der Waals surface area contributed by atoms with Gasteiger partial charge in [0.1, 0.15) is 35.4 Å². The number of anilines is 2. The largest absolute Gasteiger partial charge is 0.461 e. The van der Waals surface area contributed by atoms with Gasteiger partial charge in [0.25, 0.3) is 12.3 Å². The van der Waals surface area contributed by atoms with Gasteiger partial charge in [-0.25, -0.2) is 33.0 Å². The van der Waals surface area contributed by atoms with Gasteiger partial charge in [-0.2, -0.15) is 5.10 Å². The van der Waals surface area contributed by atoms with Crippen LogP contribution in [0.1, 0.15) is 95.9 Å². The maximum Gasteiger partial charge on any atom is 0.416 e. The highest BCUT2D eigenvalue weighted by Gasteiger charge is 2.43. The van der Waals surface area contributed by atoms with E-state index < -0.39 is 65.4 Å². The number of nitrogens with one attached hydrogen (secondary N) is 2. The maximum atomic E-state index is 14.2. The molecule has 4 aromatic rings. The molecule has 2 fully saturated rings. The predicted octanol–water partition coefficient (Wildman–Crippen LogP) is 6.82. The van der Waals surface area contributed by atoms with Gasteiger partial charge in [0.2, 0.25) is 11.8 Å². The number of hydrogen-bond acceptors (Lipinski definition) is 12. The number of rotatable bonds is 12. The number of aromatic nitrogens is 4. The third-order valence-corrected chi connectivity index (χ3v) is 9.15. The van der Waals surface area contributed by atoms with E-state index in [0.717, 1.165) is 19.1 Å². The molecule has 2 atom stereocenters. The SMILES string of the molecule is CC(=O)O[C@@H]1C[C@@H](C(=O)NCc2ccc(-n3cc(NC(=O)c4coc(-c5ccnc(N(CC6CC6)C(=O)OC(C)(C)C)c5)n4)c(C(F)F)n3)cc2)N(C(=O)OC(C)(C)C)C1. The van der Waals surface area contributed by atoms with Gasteiger partial charge < -0.3 is 29.3 Å². The maximum absolute atomic E-state index is 14.2. The molecule has 4 heterocycles. The summed E-state index contributed by atoms with van der Waals surface area (Å²) in [4.78, 5) is 75.4. The Bertz CT molecular complexity index is 2220. The topological polar surface area (TPSA) is 200 Å². The van der Waals surface area contributed by atoms with Crippen LogP contribution in [0, 0.1) is 5.92 Å². The summed E-state index contributed by atoms with van der Waals surface area (Å²) >= 11 is 0. The zero-order chi connectivity index (χ0) is 43.5. The molecule has 19 heteroatoms. The number of halogens is 2. The molecular formula is C41H48F2N8O9. The molecule has 1 aliphatic heterocycles. The summed E-state index contributed by atoms with van der Waals surface area (Å²) in [5, 5.41) is 9.24. The molecule has 17 nitrogen and oxygen atoms in total. The summed E-state index contributed by atoms with van der Waals surface area (Å²) < 4.78 is 51.5. The van der Waals surface area contributed by atoms with Crippen LogP contribution in [0.3, 0.4) is 0 Å². The first-order valence-electron chi connectivity index (χ1n) is 19.4. The van der Waals surface area contributed by atoms with E-state index in [1.165, 1.54) is 33.8 Å². The van der Waals surface area contributed by atoms with Gasteiger partial charge >= 0.3 is 18.2 Å². The lowest BCUT2D eigenvalue weighted by atomic mass is 10.1. The van der Waals surface area contributed by atoms with Crippen LogP contribution in [0.4, 0.5) is 29.9 Å². The number of benzene rings is 1. The number of oxazole rings is 1. The number of amides is 4. The van der Waals surface area contributed by atoms with Gasteiger partial charge in [0, 0.05) is 38.2 Å². The Morgan fingerprint density at radius 1 is 1.00 bits per heavy atom. The number of alkyl halides is 2. The van der Waals surface area contributed by atoms with Crippen molar-refractivity contribution < 1.29 is 51.4 Å². The van der Waals surface area contributed by atoms with E-state index in [9.17, 15) is 32.8 Å². The highest BCUT2D eigenvalue weighted by molar-refractivity contribution is 6.03. The first kappa shape index (κ1) is 43.2. The Kier molecular flexibility index (Phi) is 12.6. The zero-order valence-electron chi connectivity index (χ0n) is 34.4. The van der Waals surface area contributed by atoms with Crippen molar-refractivity contribution in [2.24, 2.45) is 5.92 Å². The average Bonchev–Trinajstić information content (AvgIpc) is 3.49. The number of esters is 1. The number of hydrogen-bond donors (Lipinski definition) is 2. The molecule has 0 spiro atoms. The van der Waals surface area contributed by atoms with Crippen LogP contribution in [0.2, 0.25) is 0 Å². The van der Waals surface area contributed by atoms with Gasteiger partial charge in [-0.05, 0) is 90.1 Å². The minimum Gasteiger partial charge on any atom is -0.461 e. The number of nitrogens with zero attached hydrogens (tertiary/aromatic N) is 6. The van der Waals surface area contributed by atoms with Crippen LogP contribution >= 0.6 is 0 Å². The van der Waals surface area contributed by atoms with Crippen LogP contribution in [0.15, 0.2) is 59.5 Å². The number of carbonyl (C=O) groups excluding carboxylic acids is 5. The lowest BCUT2D eigenvalue weighted by Crippen LogP contribution is -2.47. The van der Waals surface area contributed by atoms with Crippen molar-refractivity contribution in [3.63, 3.8) is 0 Å². The molecule has 2 aliphatic rings. The molecule has 1 aromatic carbocycles. The summed E-state index contributed by atoms with van der Waals surface area (Å²) in [7, 11) is 0. The number of pyridine rings is 1. The first-order valence-corrected chi connectivity index (χ1v) is 19.4. The second kappa shape index (κ2) is 17.4. The molecule has 6 rings (SSSR count). The van der Waals surface area contributed by atoms with E-state index >= 15 is 0 Å². The van der Waals surface area contributed by atoms with Gasteiger partial charge in [-0.3, -0.25) is 24.2 Å². The molecule has 60 heavy (non-hydrogen) atoms. The lowest BCUT2D eigenvalue weighted by Gasteiger charge is -2.27. The van der Waals surface area contributed by atoms with Crippen molar-refractivity contribution in [3.05, 3.63) is 72.0 Å². The van der Waals surface area contributed by atoms with Gasteiger partial charge in [0.05, 0.1) is 24.1 Å². The quantitative estimate of drug-likeness (QED) is 0.112. The molecule has 4 amide bonds. The normalized spacial score (nSPS) is 16.7. The molecule has 320 valence electrons. The predicted molar refractivity (Wildman–Crippen MR) is 211 cm³/mol. The fraction of sp³-hybridized carbons (Fsp3) is 0.463. The van der Waals surface area contributed by atoms with Crippen molar-refractivity contribution >= 4 is 41.5 Å². The Morgan fingerprint density at radius 2 is 1.70 bits per heavy atom. The number of likely N-dealkylation sites (tertiary alicyclic amines) is 1. The minimum absolute atomic E-state index is 0.00182. The highest BCUT2D eigenvalue weighted by Crippen LogP contribution is 2.33. The van der Waals surface area contributed by atoms with E-state index in [0.29, 0.717) is 35.1 Å². The second-order valence-electron chi connectivity index (χ2n) is 16.6. The number of carbonyl (C=O) groups is 5. The fourth-order valence-electron chi connectivity index (χ4n) is 6.27. The molecular weight excluding hydrogens is 786 g/mol. The van der Waals surface area contributed by atoms with Crippen LogP contribution in [-0.2, 0) is 30.3 Å². The molecule has 0 bridgehead atoms. The Hall–Kier alpha value is -6.40. The minimum atomic E-state index is -3.04. The van der Waals surface area contributed by atoms with Crippen molar-refractivity contribution in [2.45, 2.75) is 104 Å². The summed E-state index contributed by atoms with van der Waals surface area (Å²) in [6, 6.07) is 8.73. The molecule has 1 saturated carbocycles. The van der Waals surface area contributed by atoms with E-state index in [2.05, 4.69) is 25.7 Å². The average molecular weight is 835 g/mol. The van der Waals surface area contributed by atoms with Crippen molar-refractivity contribution in [2.75, 3.05) is 23.3 Å². The highest BCUT2D eigenvalue weighted by atomic mass is 19.3. The van der Waals surface area contributed by atoms with Gasteiger partial charge in [-0.15, -0.1) is 0 Å². The lowest BCUT2D eigenvalue weighted by molar-refractivity contribution is -0.145. The Labute approximate surface area is 344 Å². The van der Waals surface area contributed by atoms with E-state index in [-0.39, 0.29) is 36.8 Å². The number of ether oxygens (including phenoxy) is 3. The molecule has 0 unspecified atom stereocenters. The van der Waals surface area contributed by atoms with Gasteiger partial charge in [-0.1, -0.05) is 12.1 Å². The summed E-state index contributed by atoms with van der Waals surface area (Å²) in [5.74, 6) is -1.16.